The van der Waals surface area contributed by atoms with E-state index in [4.69, 9.17) is 0 Å². The minimum atomic E-state index is -3.60. The van der Waals surface area contributed by atoms with E-state index in [-0.39, 0.29) is 4.90 Å². The summed E-state index contributed by atoms with van der Waals surface area (Å²) in [4.78, 5) is 0.263. The summed E-state index contributed by atoms with van der Waals surface area (Å²) in [5.41, 5.74) is 4.80. The van der Waals surface area contributed by atoms with E-state index in [0.717, 1.165) is 22.5 Å². The number of nitrogens with zero attached hydrogens (tertiary/aromatic N) is 2. The third-order valence-electron chi connectivity index (χ3n) is 4.50. The average Bonchev–Trinajstić information content (AvgIpc) is 2.93. The van der Waals surface area contributed by atoms with Crippen molar-refractivity contribution in [3.63, 3.8) is 0 Å². The zero-order valence-electron chi connectivity index (χ0n) is 16.1. The molecule has 27 heavy (non-hydrogen) atoms. The summed E-state index contributed by atoms with van der Waals surface area (Å²) in [5, 5.41) is 4.45. The standard InChI is InChI=1S/C21H25N3O2S/c1-15(2)19-7-11-21(12-8-19)27(25,26)23-20-9-5-18(6-10-20)14-24-17(4)13-16(3)22-24/h5-13,15,23H,14H2,1-4H3. The molecule has 0 aliphatic rings. The molecule has 1 aromatic heterocycles. The van der Waals surface area contributed by atoms with Crippen LogP contribution in [0.5, 0.6) is 0 Å². The van der Waals surface area contributed by atoms with Crippen LogP contribution in [0.2, 0.25) is 0 Å². The Morgan fingerprint density at radius 3 is 2.15 bits per heavy atom. The second-order valence-corrected chi connectivity index (χ2v) is 8.79. The maximum Gasteiger partial charge on any atom is 0.261 e. The van der Waals surface area contributed by atoms with Crippen molar-refractivity contribution in [1.29, 1.82) is 0 Å². The normalized spacial score (nSPS) is 11.7. The van der Waals surface area contributed by atoms with Crippen LogP contribution in [-0.4, -0.2) is 18.2 Å². The molecule has 0 aliphatic heterocycles. The summed E-state index contributed by atoms with van der Waals surface area (Å²) >= 11 is 0. The van der Waals surface area contributed by atoms with E-state index in [9.17, 15) is 8.42 Å². The van der Waals surface area contributed by atoms with Gasteiger partial charge in [0.1, 0.15) is 0 Å². The fourth-order valence-electron chi connectivity index (χ4n) is 2.93. The maximum absolute atomic E-state index is 12.6. The molecule has 1 heterocycles. The Labute approximate surface area is 161 Å². The predicted molar refractivity (Wildman–Crippen MR) is 109 cm³/mol. The van der Waals surface area contributed by atoms with Gasteiger partial charge in [-0.3, -0.25) is 9.40 Å². The van der Waals surface area contributed by atoms with Crippen LogP contribution in [-0.2, 0) is 16.6 Å². The van der Waals surface area contributed by atoms with E-state index >= 15 is 0 Å². The van der Waals surface area contributed by atoms with Gasteiger partial charge >= 0.3 is 0 Å². The summed E-state index contributed by atoms with van der Waals surface area (Å²) in [6.45, 7) is 8.80. The smallest absolute Gasteiger partial charge is 0.261 e. The number of aryl methyl sites for hydroxylation is 2. The molecule has 2 aromatic carbocycles. The third-order valence-corrected chi connectivity index (χ3v) is 5.90. The molecule has 0 unspecified atom stereocenters. The molecule has 1 N–H and O–H groups in total. The van der Waals surface area contributed by atoms with Crippen LogP contribution < -0.4 is 4.72 Å². The monoisotopic (exact) mass is 383 g/mol. The first-order valence-corrected chi connectivity index (χ1v) is 10.5. The van der Waals surface area contributed by atoms with Gasteiger partial charge in [0.05, 0.1) is 17.1 Å². The van der Waals surface area contributed by atoms with Gasteiger partial charge in [-0.15, -0.1) is 0 Å². The van der Waals surface area contributed by atoms with E-state index < -0.39 is 10.0 Å². The van der Waals surface area contributed by atoms with Crippen LogP contribution >= 0.6 is 0 Å². The first-order chi connectivity index (χ1) is 12.7. The molecule has 0 radical (unpaired) electrons. The molecule has 0 spiro atoms. The number of rotatable bonds is 6. The van der Waals surface area contributed by atoms with Crippen LogP contribution in [0.1, 0.15) is 42.3 Å². The maximum atomic E-state index is 12.6. The molecule has 6 heteroatoms. The highest BCUT2D eigenvalue weighted by molar-refractivity contribution is 7.92. The van der Waals surface area contributed by atoms with Crippen molar-refractivity contribution in [2.45, 2.75) is 45.1 Å². The minimum Gasteiger partial charge on any atom is -0.280 e. The van der Waals surface area contributed by atoms with Crippen LogP contribution in [0, 0.1) is 13.8 Å². The van der Waals surface area contributed by atoms with Gasteiger partial charge in [-0.25, -0.2) is 8.42 Å². The van der Waals surface area contributed by atoms with Gasteiger partial charge in [0, 0.05) is 11.4 Å². The Bertz CT molecular complexity index is 1020. The van der Waals surface area contributed by atoms with E-state index in [1.54, 1.807) is 24.3 Å². The van der Waals surface area contributed by atoms with Gasteiger partial charge in [0.25, 0.3) is 10.0 Å². The summed E-state index contributed by atoms with van der Waals surface area (Å²) in [5.74, 6) is 0.365. The highest BCUT2D eigenvalue weighted by Gasteiger charge is 2.14. The quantitative estimate of drug-likeness (QED) is 0.683. The van der Waals surface area contributed by atoms with E-state index in [1.807, 2.05) is 48.9 Å². The summed E-state index contributed by atoms with van der Waals surface area (Å²) < 4.78 is 29.7. The van der Waals surface area contributed by atoms with Crippen molar-refractivity contribution < 1.29 is 8.42 Å². The lowest BCUT2D eigenvalue weighted by Crippen LogP contribution is -2.13. The predicted octanol–water partition coefficient (Wildman–Crippen LogP) is 4.47. The van der Waals surface area contributed by atoms with E-state index in [0.29, 0.717) is 18.2 Å². The highest BCUT2D eigenvalue weighted by atomic mass is 32.2. The zero-order valence-corrected chi connectivity index (χ0v) is 16.9. The van der Waals surface area contributed by atoms with Crippen LogP contribution in [0.15, 0.2) is 59.5 Å². The average molecular weight is 384 g/mol. The molecule has 142 valence electrons. The SMILES string of the molecule is Cc1cc(C)n(Cc2ccc(NS(=O)(=O)c3ccc(C(C)C)cc3)cc2)n1. The lowest BCUT2D eigenvalue weighted by Gasteiger charge is -2.11. The number of nitrogens with one attached hydrogen (secondary N) is 1. The second kappa shape index (κ2) is 7.56. The zero-order chi connectivity index (χ0) is 19.6. The van der Waals surface area contributed by atoms with Gasteiger partial charge in [-0.1, -0.05) is 38.1 Å². The Hall–Kier alpha value is -2.60. The third kappa shape index (κ3) is 4.57. The molecule has 0 saturated heterocycles. The summed E-state index contributed by atoms with van der Waals surface area (Å²) in [7, 11) is -3.60. The molecular formula is C21H25N3O2S. The van der Waals surface area contributed by atoms with Gasteiger partial charge < -0.3 is 0 Å². The Morgan fingerprint density at radius 1 is 1.00 bits per heavy atom. The molecule has 3 rings (SSSR count). The summed E-state index contributed by atoms with van der Waals surface area (Å²) in [6.07, 6.45) is 0. The number of anilines is 1. The van der Waals surface area contributed by atoms with Gasteiger partial charge in [-0.2, -0.15) is 5.10 Å². The van der Waals surface area contributed by atoms with Crippen molar-refractivity contribution in [2.24, 2.45) is 0 Å². The fourth-order valence-corrected chi connectivity index (χ4v) is 3.99. The Kier molecular flexibility index (Phi) is 5.37. The van der Waals surface area contributed by atoms with Gasteiger partial charge in [0.15, 0.2) is 0 Å². The number of aromatic nitrogens is 2. The van der Waals surface area contributed by atoms with Crippen molar-refractivity contribution in [1.82, 2.24) is 9.78 Å². The summed E-state index contributed by atoms with van der Waals surface area (Å²) in [6, 6.07) is 16.4. The molecule has 0 saturated carbocycles. The number of benzene rings is 2. The molecule has 5 nitrogen and oxygen atoms in total. The molecule has 0 bridgehead atoms. The Balaban J connectivity index is 1.72. The first-order valence-electron chi connectivity index (χ1n) is 8.97. The van der Waals surface area contributed by atoms with Crippen LogP contribution in [0.25, 0.3) is 0 Å². The van der Waals surface area contributed by atoms with Crippen molar-refractivity contribution in [3.8, 4) is 0 Å². The Morgan fingerprint density at radius 2 is 1.63 bits per heavy atom. The largest absolute Gasteiger partial charge is 0.280 e. The van der Waals surface area contributed by atoms with Crippen molar-refractivity contribution >= 4 is 15.7 Å². The van der Waals surface area contributed by atoms with E-state index in [1.165, 1.54) is 0 Å². The highest BCUT2D eigenvalue weighted by Crippen LogP contribution is 2.20. The second-order valence-electron chi connectivity index (χ2n) is 7.11. The molecule has 0 aliphatic carbocycles. The molecule has 0 amide bonds. The number of sulfonamides is 1. The van der Waals surface area contributed by atoms with Crippen molar-refractivity contribution in [3.05, 3.63) is 77.1 Å². The molecule has 3 aromatic rings. The molecule has 0 fully saturated rings. The number of hydrogen-bond acceptors (Lipinski definition) is 3. The molecular weight excluding hydrogens is 358 g/mol. The number of hydrogen-bond donors (Lipinski definition) is 1. The van der Waals surface area contributed by atoms with Crippen molar-refractivity contribution in [2.75, 3.05) is 4.72 Å². The minimum absolute atomic E-state index is 0.263. The topological polar surface area (TPSA) is 64.0 Å². The van der Waals surface area contributed by atoms with E-state index in [2.05, 4.69) is 23.7 Å². The van der Waals surface area contributed by atoms with Crippen LogP contribution in [0.4, 0.5) is 5.69 Å². The first kappa shape index (κ1) is 19.2. The fraction of sp³-hybridized carbons (Fsp3) is 0.286. The van der Waals surface area contributed by atoms with Crippen LogP contribution in [0.3, 0.4) is 0 Å². The molecule has 0 atom stereocenters. The van der Waals surface area contributed by atoms with Gasteiger partial charge in [0.2, 0.25) is 0 Å². The lowest BCUT2D eigenvalue weighted by molar-refractivity contribution is 0.601. The van der Waals surface area contributed by atoms with Gasteiger partial charge in [-0.05, 0) is 61.2 Å². The lowest BCUT2D eigenvalue weighted by atomic mass is 10.0.